The van der Waals surface area contributed by atoms with Crippen molar-refractivity contribution in [1.82, 2.24) is 9.71 Å². The molecule has 0 fully saturated rings. The number of carbonyl (C=O) groups is 1. The van der Waals surface area contributed by atoms with Gasteiger partial charge in [0.15, 0.2) is 0 Å². The van der Waals surface area contributed by atoms with E-state index < -0.39 is 31.4 Å². The summed E-state index contributed by atoms with van der Waals surface area (Å²) in [4.78, 5) is 29.0. The summed E-state index contributed by atoms with van der Waals surface area (Å²) in [6.07, 6.45) is 0. The average Bonchev–Trinajstić information content (AvgIpc) is 3.02. The first-order chi connectivity index (χ1) is 20.7. The Bertz CT molecular complexity index is 1980. The van der Waals surface area contributed by atoms with Crippen molar-refractivity contribution in [2.75, 3.05) is 17.6 Å². The van der Waals surface area contributed by atoms with Gasteiger partial charge in [-0.25, -0.2) is 18.1 Å². The smallest absolute Gasteiger partial charge is 0.293 e. The lowest BCUT2D eigenvalue weighted by Crippen LogP contribution is -2.30. The average molecular weight is 610 g/mol. The van der Waals surface area contributed by atoms with E-state index in [2.05, 4.69) is 10.3 Å². The third-order valence-corrected chi connectivity index (χ3v) is 8.77. The number of para-hydroxylation sites is 1. The van der Waals surface area contributed by atoms with Crippen molar-refractivity contribution in [3.63, 3.8) is 0 Å². The fourth-order valence-electron chi connectivity index (χ4n) is 4.33. The highest BCUT2D eigenvalue weighted by Gasteiger charge is 2.24. The van der Waals surface area contributed by atoms with Crippen molar-refractivity contribution in [3.05, 3.63) is 124 Å². The zero-order chi connectivity index (χ0) is 30.4. The lowest BCUT2D eigenvalue weighted by Gasteiger charge is -2.11. The third kappa shape index (κ3) is 6.81. The minimum atomic E-state index is -4.42. The van der Waals surface area contributed by atoms with Gasteiger partial charge in [0.05, 0.1) is 15.3 Å². The fraction of sp³-hybridized carbons (Fsp3) is 0.0645. The Morgan fingerprint density at radius 1 is 0.953 bits per heavy atom. The number of aromatic nitrogens is 1. The molecule has 0 saturated heterocycles. The van der Waals surface area contributed by atoms with Crippen molar-refractivity contribution >= 4 is 50.0 Å². The van der Waals surface area contributed by atoms with Gasteiger partial charge in [-0.1, -0.05) is 48.5 Å². The van der Waals surface area contributed by atoms with E-state index in [-0.39, 0.29) is 16.9 Å². The SMILES string of the molecule is N#Cc1ccc2cccc(-c3ccc(C(=O)NS(=O)(=O)c4ccc(NCCSc5ccccc5)c([N+](=O)[O-])c4)cc3)c2n1. The summed E-state index contributed by atoms with van der Waals surface area (Å²) >= 11 is 1.58. The molecular formula is C31H23N5O5S2. The van der Waals surface area contributed by atoms with Gasteiger partial charge in [-0.05, 0) is 54.1 Å². The molecule has 10 nitrogen and oxygen atoms in total. The zero-order valence-electron chi connectivity index (χ0n) is 22.4. The minimum Gasteiger partial charge on any atom is -0.379 e. The van der Waals surface area contributed by atoms with Gasteiger partial charge in [-0.2, -0.15) is 5.26 Å². The van der Waals surface area contributed by atoms with Crippen LogP contribution in [-0.2, 0) is 10.0 Å². The molecule has 5 aromatic rings. The van der Waals surface area contributed by atoms with Crippen molar-refractivity contribution in [2.45, 2.75) is 9.79 Å². The number of nitrogens with zero attached hydrogens (tertiary/aromatic N) is 3. The van der Waals surface area contributed by atoms with Crippen molar-refractivity contribution in [2.24, 2.45) is 0 Å². The summed E-state index contributed by atoms with van der Waals surface area (Å²) in [6.45, 7) is 0.410. The highest BCUT2D eigenvalue weighted by atomic mass is 32.2. The Labute approximate surface area is 251 Å². The molecule has 0 radical (unpaired) electrons. The molecule has 0 aliphatic carbocycles. The molecule has 5 rings (SSSR count). The van der Waals surface area contributed by atoms with Crippen molar-refractivity contribution in [3.8, 4) is 17.2 Å². The first-order valence-corrected chi connectivity index (χ1v) is 15.4. The van der Waals surface area contributed by atoms with E-state index in [4.69, 9.17) is 0 Å². The van der Waals surface area contributed by atoms with E-state index >= 15 is 0 Å². The number of fused-ring (bicyclic) bond motifs is 1. The maximum Gasteiger partial charge on any atom is 0.293 e. The molecule has 0 spiro atoms. The predicted molar refractivity (Wildman–Crippen MR) is 165 cm³/mol. The van der Waals surface area contributed by atoms with Crippen LogP contribution in [0.25, 0.3) is 22.0 Å². The number of nitrogens with one attached hydrogen (secondary N) is 2. The number of rotatable bonds is 10. The van der Waals surface area contributed by atoms with Crippen LogP contribution in [-0.4, -0.2) is 36.5 Å². The van der Waals surface area contributed by atoms with Crippen LogP contribution in [0, 0.1) is 21.4 Å². The van der Waals surface area contributed by atoms with Gasteiger partial charge in [0.2, 0.25) is 0 Å². The Morgan fingerprint density at radius 2 is 1.72 bits per heavy atom. The first-order valence-electron chi connectivity index (χ1n) is 12.9. The highest BCUT2D eigenvalue weighted by Crippen LogP contribution is 2.29. The standard InChI is InChI=1S/C31H23N5O5S2/c32-20-24-14-13-22-5-4-8-27(30(22)34-24)21-9-11-23(12-10-21)31(37)35-43(40,41)26-15-16-28(29(19-26)36(38)39)33-17-18-42-25-6-2-1-3-7-25/h1-16,19,33H,17-18H2,(H,35,37). The third-order valence-electron chi connectivity index (χ3n) is 6.43. The van der Waals surface area contributed by atoms with E-state index in [1.807, 2.05) is 59.3 Å². The second kappa shape index (κ2) is 12.7. The quantitative estimate of drug-likeness (QED) is 0.0839. The van der Waals surface area contributed by atoms with Gasteiger partial charge >= 0.3 is 0 Å². The van der Waals surface area contributed by atoms with Crippen molar-refractivity contribution in [1.29, 1.82) is 5.26 Å². The summed E-state index contributed by atoms with van der Waals surface area (Å²) in [5, 5.41) is 24.8. The molecule has 1 aromatic heterocycles. The van der Waals surface area contributed by atoms with E-state index in [1.54, 1.807) is 36.0 Å². The first kappa shape index (κ1) is 29.2. The molecule has 214 valence electrons. The van der Waals surface area contributed by atoms with Crippen LogP contribution in [0.3, 0.4) is 0 Å². The van der Waals surface area contributed by atoms with Crippen LogP contribution in [0.15, 0.2) is 113 Å². The van der Waals surface area contributed by atoms with Crippen molar-refractivity contribution < 1.29 is 18.1 Å². The molecule has 0 atom stereocenters. The summed E-state index contributed by atoms with van der Waals surface area (Å²) in [5.41, 5.74) is 2.17. The Hall–Kier alpha value is -5.25. The van der Waals surface area contributed by atoms with Crippen LogP contribution in [0.5, 0.6) is 0 Å². The maximum absolute atomic E-state index is 13.0. The molecule has 0 saturated carbocycles. The Morgan fingerprint density at radius 3 is 2.44 bits per heavy atom. The number of hydrogen-bond acceptors (Lipinski definition) is 9. The van der Waals surface area contributed by atoms with Crippen LogP contribution >= 0.6 is 11.8 Å². The number of sulfonamides is 1. The number of thioether (sulfide) groups is 1. The van der Waals surface area contributed by atoms with Crippen LogP contribution in [0.2, 0.25) is 0 Å². The zero-order valence-corrected chi connectivity index (χ0v) is 24.1. The number of pyridine rings is 1. The number of hydrogen-bond donors (Lipinski definition) is 2. The molecule has 0 aliphatic heterocycles. The van der Waals surface area contributed by atoms with Gasteiger partial charge in [-0.15, -0.1) is 11.8 Å². The molecule has 0 aliphatic rings. The summed E-state index contributed by atoms with van der Waals surface area (Å²) in [5.74, 6) is -0.259. The van der Waals surface area contributed by atoms with Crippen LogP contribution in [0.4, 0.5) is 11.4 Å². The lowest BCUT2D eigenvalue weighted by atomic mass is 10.0. The molecular weight excluding hydrogens is 587 g/mol. The van der Waals surface area contributed by atoms with Crippen LogP contribution in [0.1, 0.15) is 16.1 Å². The number of anilines is 1. The maximum atomic E-state index is 13.0. The summed E-state index contributed by atoms with van der Waals surface area (Å²) in [7, 11) is -4.42. The minimum absolute atomic E-state index is 0.0712. The number of carbonyl (C=O) groups excluding carboxylic acids is 1. The normalized spacial score (nSPS) is 11.0. The molecule has 1 heterocycles. The Balaban J connectivity index is 1.29. The van der Waals surface area contributed by atoms with E-state index in [9.17, 15) is 28.6 Å². The number of benzene rings is 4. The number of nitriles is 1. The van der Waals surface area contributed by atoms with E-state index in [0.717, 1.165) is 21.9 Å². The molecule has 2 N–H and O–H groups in total. The van der Waals surface area contributed by atoms with Gasteiger partial charge < -0.3 is 5.32 Å². The predicted octanol–water partition coefficient (Wildman–Crippen LogP) is 6.00. The number of amides is 1. The highest BCUT2D eigenvalue weighted by molar-refractivity contribution is 7.99. The van der Waals surface area contributed by atoms with E-state index in [0.29, 0.717) is 23.4 Å². The number of nitro benzene ring substituents is 1. The molecule has 0 bridgehead atoms. The van der Waals surface area contributed by atoms with Gasteiger partial charge in [0, 0.05) is 39.8 Å². The van der Waals surface area contributed by atoms with Gasteiger partial charge in [-0.3, -0.25) is 14.9 Å². The topological polar surface area (TPSA) is 155 Å². The van der Waals surface area contributed by atoms with E-state index in [1.165, 1.54) is 24.3 Å². The largest absolute Gasteiger partial charge is 0.379 e. The monoisotopic (exact) mass is 609 g/mol. The molecule has 1 amide bonds. The summed E-state index contributed by atoms with van der Waals surface area (Å²) in [6, 6.07) is 30.4. The molecule has 12 heteroatoms. The molecule has 43 heavy (non-hydrogen) atoms. The second-order valence-electron chi connectivity index (χ2n) is 9.22. The fourth-order valence-corrected chi connectivity index (χ4v) is 6.12. The molecule has 0 unspecified atom stereocenters. The van der Waals surface area contributed by atoms with Gasteiger partial charge in [0.1, 0.15) is 17.5 Å². The Kier molecular flexibility index (Phi) is 8.66. The molecule has 4 aromatic carbocycles. The van der Waals surface area contributed by atoms with Gasteiger partial charge in [0.25, 0.3) is 21.6 Å². The lowest BCUT2D eigenvalue weighted by molar-refractivity contribution is -0.384. The second-order valence-corrected chi connectivity index (χ2v) is 12.1. The summed E-state index contributed by atoms with van der Waals surface area (Å²) < 4.78 is 28.0. The van der Waals surface area contributed by atoms with Crippen LogP contribution < -0.4 is 10.0 Å². The number of nitro groups is 1.